The molecule has 6 heteroatoms. The molecule has 2 aromatic heterocycles. The minimum absolute atomic E-state index is 0.235. The Kier molecular flexibility index (Phi) is 3.00. The second kappa shape index (κ2) is 5.00. The van der Waals surface area contributed by atoms with Gasteiger partial charge in [-0.05, 0) is 31.4 Å². The molecule has 0 saturated heterocycles. The van der Waals surface area contributed by atoms with Crippen LogP contribution in [-0.2, 0) is 0 Å². The highest BCUT2D eigenvalue weighted by Crippen LogP contribution is 2.27. The largest absolute Gasteiger partial charge is 0.460 e. The number of nitrogens with zero attached hydrogens (tertiary/aromatic N) is 4. The van der Waals surface area contributed by atoms with E-state index in [0.717, 1.165) is 23.9 Å². The molecule has 21 heavy (non-hydrogen) atoms. The van der Waals surface area contributed by atoms with Gasteiger partial charge in [-0.25, -0.2) is 9.97 Å². The molecule has 5 nitrogen and oxygen atoms in total. The normalized spacial score (nSPS) is 15.1. The van der Waals surface area contributed by atoms with Crippen LogP contribution in [0, 0.1) is 0 Å². The summed E-state index contributed by atoms with van der Waals surface area (Å²) in [6, 6.07) is 8.21. The van der Waals surface area contributed by atoms with E-state index in [2.05, 4.69) is 15.0 Å². The summed E-state index contributed by atoms with van der Waals surface area (Å²) in [4.78, 5) is 13.0. The van der Waals surface area contributed by atoms with E-state index >= 15 is 0 Å². The third kappa shape index (κ3) is 2.23. The molecule has 1 aromatic carbocycles. The molecular formula is C15H13ClN4O. The van der Waals surface area contributed by atoms with Gasteiger partial charge in [-0.3, -0.25) is 4.57 Å². The van der Waals surface area contributed by atoms with Crippen molar-refractivity contribution < 1.29 is 4.74 Å². The first-order chi connectivity index (χ1) is 10.3. The molecule has 4 rings (SSSR count). The number of ether oxygens (including phenoxy) is 1. The van der Waals surface area contributed by atoms with Gasteiger partial charge in [0.1, 0.15) is 17.5 Å². The SMILES string of the molecule is Clc1cnc(OC2CCC2)nc1-n1cnc2ccccc21. The predicted molar refractivity (Wildman–Crippen MR) is 79.9 cm³/mol. The fourth-order valence-corrected chi connectivity index (χ4v) is 2.52. The van der Waals surface area contributed by atoms with Crippen LogP contribution in [0.3, 0.4) is 0 Å². The Morgan fingerprint density at radius 3 is 2.86 bits per heavy atom. The summed E-state index contributed by atoms with van der Waals surface area (Å²) in [6.45, 7) is 0. The number of hydrogen-bond donors (Lipinski definition) is 0. The minimum atomic E-state index is 0.235. The summed E-state index contributed by atoms with van der Waals surface area (Å²) < 4.78 is 7.60. The van der Waals surface area contributed by atoms with Crippen molar-refractivity contribution in [3.05, 3.63) is 41.8 Å². The van der Waals surface area contributed by atoms with Gasteiger partial charge in [0.2, 0.25) is 0 Å². The third-order valence-electron chi connectivity index (χ3n) is 3.71. The van der Waals surface area contributed by atoms with Crippen LogP contribution in [0.1, 0.15) is 19.3 Å². The van der Waals surface area contributed by atoms with Crippen LogP contribution < -0.4 is 4.74 Å². The summed E-state index contributed by atoms with van der Waals surface area (Å²) in [5.41, 5.74) is 1.85. The van der Waals surface area contributed by atoms with Gasteiger partial charge in [-0.1, -0.05) is 23.7 Å². The molecule has 0 spiro atoms. The summed E-state index contributed by atoms with van der Waals surface area (Å²) in [5.74, 6) is 0.592. The van der Waals surface area contributed by atoms with Crippen molar-refractivity contribution in [3.63, 3.8) is 0 Å². The molecule has 2 heterocycles. The Bertz CT molecular complexity index is 797. The highest BCUT2D eigenvalue weighted by atomic mass is 35.5. The molecule has 0 atom stereocenters. The highest BCUT2D eigenvalue weighted by Gasteiger charge is 2.21. The Morgan fingerprint density at radius 1 is 1.19 bits per heavy atom. The predicted octanol–water partition coefficient (Wildman–Crippen LogP) is 3.40. The van der Waals surface area contributed by atoms with E-state index in [-0.39, 0.29) is 6.10 Å². The highest BCUT2D eigenvalue weighted by molar-refractivity contribution is 6.32. The number of rotatable bonds is 3. The summed E-state index contributed by atoms with van der Waals surface area (Å²) in [5, 5.41) is 0.471. The molecule has 3 aromatic rings. The number of imidazole rings is 1. The van der Waals surface area contributed by atoms with Crippen LogP contribution in [-0.4, -0.2) is 25.6 Å². The average molecular weight is 301 g/mol. The monoisotopic (exact) mass is 300 g/mol. The van der Waals surface area contributed by atoms with E-state index in [1.807, 2.05) is 28.8 Å². The van der Waals surface area contributed by atoms with Crippen LogP contribution in [0.5, 0.6) is 6.01 Å². The van der Waals surface area contributed by atoms with Crippen LogP contribution in [0.25, 0.3) is 16.9 Å². The Hall–Kier alpha value is -2.14. The standard InChI is InChI=1S/C15H13ClN4O/c16-11-8-17-15(21-10-4-3-5-10)19-14(11)20-9-18-12-6-1-2-7-13(12)20/h1-2,6-10H,3-5H2. The molecule has 0 N–H and O–H groups in total. The Balaban J connectivity index is 1.77. The van der Waals surface area contributed by atoms with Gasteiger partial charge in [0.05, 0.1) is 17.2 Å². The lowest BCUT2D eigenvalue weighted by Gasteiger charge is -2.25. The molecule has 0 aliphatic heterocycles. The summed E-state index contributed by atoms with van der Waals surface area (Å²) in [6.07, 6.45) is 6.86. The van der Waals surface area contributed by atoms with Crippen LogP contribution in [0.4, 0.5) is 0 Å². The molecule has 1 fully saturated rings. The first-order valence-electron chi connectivity index (χ1n) is 6.93. The minimum Gasteiger partial charge on any atom is -0.460 e. The number of halogens is 1. The number of para-hydroxylation sites is 2. The third-order valence-corrected chi connectivity index (χ3v) is 3.98. The molecular weight excluding hydrogens is 288 g/mol. The number of aromatic nitrogens is 4. The van der Waals surface area contributed by atoms with Crippen LogP contribution in [0.15, 0.2) is 36.8 Å². The zero-order chi connectivity index (χ0) is 14.2. The van der Waals surface area contributed by atoms with Crippen molar-refractivity contribution in [2.45, 2.75) is 25.4 Å². The smallest absolute Gasteiger partial charge is 0.318 e. The second-order valence-corrected chi connectivity index (χ2v) is 5.51. The topological polar surface area (TPSA) is 52.8 Å². The van der Waals surface area contributed by atoms with E-state index in [9.17, 15) is 0 Å². The van der Waals surface area contributed by atoms with Crippen molar-refractivity contribution in [1.29, 1.82) is 0 Å². The quantitative estimate of drug-likeness (QED) is 0.744. The lowest BCUT2D eigenvalue weighted by molar-refractivity contribution is 0.108. The van der Waals surface area contributed by atoms with Gasteiger partial charge in [0.15, 0.2) is 5.82 Å². The lowest BCUT2D eigenvalue weighted by atomic mass is 9.96. The molecule has 1 aliphatic carbocycles. The van der Waals surface area contributed by atoms with E-state index in [4.69, 9.17) is 16.3 Å². The maximum Gasteiger partial charge on any atom is 0.318 e. The van der Waals surface area contributed by atoms with Crippen molar-refractivity contribution in [1.82, 2.24) is 19.5 Å². The van der Waals surface area contributed by atoms with E-state index in [1.54, 1.807) is 12.5 Å². The van der Waals surface area contributed by atoms with Gasteiger partial charge >= 0.3 is 6.01 Å². The molecule has 0 radical (unpaired) electrons. The van der Waals surface area contributed by atoms with Crippen LogP contribution >= 0.6 is 11.6 Å². The molecule has 106 valence electrons. The zero-order valence-electron chi connectivity index (χ0n) is 11.2. The van der Waals surface area contributed by atoms with Crippen molar-refractivity contribution in [3.8, 4) is 11.8 Å². The number of benzene rings is 1. The maximum absolute atomic E-state index is 6.24. The molecule has 0 amide bonds. The Labute approximate surface area is 126 Å². The first kappa shape index (κ1) is 12.6. The first-order valence-corrected chi connectivity index (χ1v) is 7.31. The van der Waals surface area contributed by atoms with Crippen molar-refractivity contribution in [2.75, 3.05) is 0 Å². The van der Waals surface area contributed by atoms with Gasteiger partial charge in [0, 0.05) is 0 Å². The fourth-order valence-electron chi connectivity index (χ4n) is 2.33. The second-order valence-electron chi connectivity index (χ2n) is 5.10. The van der Waals surface area contributed by atoms with Crippen molar-refractivity contribution >= 4 is 22.6 Å². The molecule has 0 unspecified atom stereocenters. The molecule has 1 aliphatic rings. The van der Waals surface area contributed by atoms with Gasteiger partial charge in [-0.2, -0.15) is 4.98 Å². The number of hydrogen-bond acceptors (Lipinski definition) is 4. The fraction of sp³-hybridized carbons (Fsp3) is 0.267. The van der Waals surface area contributed by atoms with Gasteiger partial charge < -0.3 is 4.74 Å². The number of fused-ring (bicyclic) bond motifs is 1. The van der Waals surface area contributed by atoms with Crippen molar-refractivity contribution in [2.24, 2.45) is 0 Å². The van der Waals surface area contributed by atoms with Crippen LogP contribution in [0.2, 0.25) is 5.02 Å². The van der Waals surface area contributed by atoms with Gasteiger partial charge in [0.25, 0.3) is 0 Å². The maximum atomic E-state index is 6.24. The zero-order valence-corrected chi connectivity index (χ0v) is 12.0. The summed E-state index contributed by atoms with van der Waals surface area (Å²) in [7, 11) is 0. The van der Waals surface area contributed by atoms with E-state index < -0.39 is 0 Å². The average Bonchev–Trinajstić information content (AvgIpc) is 2.88. The van der Waals surface area contributed by atoms with E-state index in [0.29, 0.717) is 16.9 Å². The van der Waals surface area contributed by atoms with E-state index in [1.165, 1.54) is 6.42 Å². The molecule has 1 saturated carbocycles. The summed E-state index contributed by atoms with van der Waals surface area (Å²) >= 11 is 6.24. The van der Waals surface area contributed by atoms with Gasteiger partial charge in [-0.15, -0.1) is 0 Å². The lowest BCUT2D eigenvalue weighted by Crippen LogP contribution is -2.25. The Morgan fingerprint density at radius 2 is 2.05 bits per heavy atom. The molecule has 0 bridgehead atoms.